The zero-order valence-electron chi connectivity index (χ0n) is 16.2. The zero-order chi connectivity index (χ0) is 20.4. The Morgan fingerprint density at radius 1 is 1.14 bits per heavy atom. The Morgan fingerprint density at radius 2 is 1.93 bits per heavy atom. The summed E-state index contributed by atoms with van der Waals surface area (Å²) in [4.78, 5) is 18.1. The van der Waals surface area contributed by atoms with Crippen LogP contribution in [0.1, 0.15) is 25.5 Å². The number of aromatic hydroxyl groups is 1. The molecule has 0 spiro atoms. The third-order valence-corrected chi connectivity index (χ3v) is 4.96. The van der Waals surface area contributed by atoms with Gasteiger partial charge in [0.25, 0.3) is 0 Å². The van der Waals surface area contributed by atoms with Gasteiger partial charge < -0.3 is 15.0 Å². The van der Waals surface area contributed by atoms with Crippen LogP contribution in [0.25, 0.3) is 22.6 Å². The van der Waals surface area contributed by atoms with E-state index < -0.39 is 0 Å². The van der Waals surface area contributed by atoms with Crippen LogP contribution >= 0.6 is 11.6 Å². The highest BCUT2D eigenvalue weighted by molar-refractivity contribution is 6.33. The molecule has 29 heavy (non-hydrogen) atoms. The number of halogens is 1. The minimum Gasteiger partial charge on any atom is -0.508 e. The lowest BCUT2D eigenvalue weighted by atomic mass is 10.1. The summed E-state index contributed by atoms with van der Waals surface area (Å²) in [6.45, 7) is 4.82. The lowest BCUT2D eigenvalue weighted by Crippen LogP contribution is -2.09. The molecule has 4 aromatic rings. The fourth-order valence-electron chi connectivity index (χ4n) is 3.07. The predicted octanol–water partition coefficient (Wildman–Crippen LogP) is 4.48. The van der Waals surface area contributed by atoms with Gasteiger partial charge in [-0.3, -0.25) is 4.98 Å². The Morgan fingerprint density at radius 3 is 2.66 bits per heavy atom. The second-order valence-electron chi connectivity index (χ2n) is 7.01. The fraction of sp³-hybridized carbons (Fsp3) is 0.238. The van der Waals surface area contributed by atoms with E-state index in [1.165, 1.54) is 0 Å². The van der Waals surface area contributed by atoms with Crippen molar-refractivity contribution in [3.8, 4) is 17.1 Å². The normalized spacial score (nSPS) is 11.3. The van der Waals surface area contributed by atoms with Crippen molar-refractivity contribution in [3.63, 3.8) is 0 Å². The van der Waals surface area contributed by atoms with Crippen molar-refractivity contribution in [2.75, 3.05) is 11.9 Å². The van der Waals surface area contributed by atoms with E-state index in [0.717, 1.165) is 17.6 Å². The van der Waals surface area contributed by atoms with Gasteiger partial charge in [0.1, 0.15) is 11.3 Å². The first-order valence-corrected chi connectivity index (χ1v) is 9.77. The lowest BCUT2D eigenvalue weighted by Gasteiger charge is -2.12. The summed E-state index contributed by atoms with van der Waals surface area (Å²) in [5.41, 5.74) is 3.25. The van der Waals surface area contributed by atoms with Crippen LogP contribution in [0.15, 0.2) is 49.1 Å². The first-order chi connectivity index (χ1) is 14.0. The quantitative estimate of drug-likeness (QED) is 0.489. The van der Waals surface area contributed by atoms with E-state index in [4.69, 9.17) is 16.6 Å². The molecule has 8 heteroatoms. The Bertz CT molecular complexity index is 1140. The van der Waals surface area contributed by atoms with Gasteiger partial charge >= 0.3 is 0 Å². The highest BCUT2D eigenvalue weighted by atomic mass is 35.5. The number of phenols is 1. The number of pyridine rings is 1. The molecular formula is C21H21ClN6O. The maximum absolute atomic E-state index is 9.43. The number of fused-ring (bicyclic) bond motifs is 1. The summed E-state index contributed by atoms with van der Waals surface area (Å²) in [6.07, 6.45) is 5.86. The van der Waals surface area contributed by atoms with Crippen LogP contribution in [0.5, 0.6) is 5.75 Å². The monoisotopic (exact) mass is 408 g/mol. The molecule has 0 radical (unpaired) electrons. The van der Waals surface area contributed by atoms with Crippen LogP contribution in [0.2, 0.25) is 5.02 Å². The fourth-order valence-corrected chi connectivity index (χ4v) is 3.26. The smallest absolute Gasteiger partial charge is 0.167 e. The number of rotatable bonds is 6. The molecule has 0 unspecified atom stereocenters. The summed E-state index contributed by atoms with van der Waals surface area (Å²) < 4.78 is 2.01. The van der Waals surface area contributed by atoms with Crippen molar-refractivity contribution in [1.82, 2.24) is 24.5 Å². The number of hydrogen-bond acceptors (Lipinski definition) is 6. The maximum atomic E-state index is 9.43. The molecule has 0 atom stereocenters. The van der Waals surface area contributed by atoms with E-state index in [-0.39, 0.29) is 11.8 Å². The van der Waals surface area contributed by atoms with Crippen LogP contribution < -0.4 is 5.32 Å². The molecule has 0 saturated heterocycles. The minimum atomic E-state index is 0.206. The number of anilines is 1. The Labute approximate surface area is 173 Å². The van der Waals surface area contributed by atoms with E-state index in [1.807, 2.05) is 16.7 Å². The second kappa shape index (κ2) is 8.05. The lowest BCUT2D eigenvalue weighted by molar-refractivity contribution is 0.475. The largest absolute Gasteiger partial charge is 0.508 e. The van der Waals surface area contributed by atoms with Gasteiger partial charge in [-0.15, -0.1) is 0 Å². The average Bonchev–Trinajstić information content (AvgIpc) is 3.14. The summed E-state index contributed by atoms with van der Waals surface area (Å²) in [7, 11) is 0. The number of aromatic nitrogens is 5. The Hall–Kier alpha value is -3.19. The molecular weight excluding hydrogens is 388 g/mol. The molecule has 0 aliphatic heterocycles. The zero-order valence-corrected chi connectivity index (χ0v) is 16.9. The van der Waals surface area contributed by atoms with Gasteiger partial charge in [0.2, 0.25) is 0 Å². The highest BCUT2D eigenvalue weighted by Crippen LogP contribution is 2.29. The van der Waals surface area contributed by atoms with Crippen molar-refractivity contribution < 1.29 is 5.11 Å². The van der Waals surface area contributed by atoms with E-state index in [1.54, 1.807) is 36.9 Å². The standard InChI is InChI=1S/C21H21ClN6O/c1-13(2)28-12-25-18-20(24-10-7-14-3-5-15(29)6-4-14)26-19(27-21(18)28)16-11-23-9-8-17(16)22/h3-6,8-9,11-13,29H,7,10H2,1-2H3,(H,24,26,27). The molecule has 0 aliphatic rings. The number of benzene rings is 1. The number of imidazole rings is 1. The van der Waals surface area contributed by atoms with E-state index in [2.05, 4.69) is 34.1 Å². The Kier molecular flexibility index (Phi) is 5.31. The average molecular weight is 409 g/mol. The van der Waals surface area contributed by atoms with E-state index in [0.29, 0.717) is 34.3 Å². The predicted molar refractivity (Wildman–Crippen MR) is 114 cm³/mol. The first-order valence-electron chi connectivity index (χ1n) is 9.39. The molecule has 0 fully saturated rings. The molecule has 0 bridgehead atoms. The third kappa shape index (κ3) is 4.00. The molecule has 148 valence electrons. The molecule has 3 heterocycles. The highest BCUT2D eigenvalue weighted by Gasteiger charge is 2.17. The van der Waals surface area contributed by atoms with Crippen LogP contribution in [-0.4, -0.2) is 36.2 Å². The summed E-state index contributed by atoms with van der Waals surface area (Å²) in [6, 6.07) is 9.11. The minimum absolute atomic E-state index is 0.206. The van der Waals surface area contributed by atoms with Crippen molar-refractivity contribution in [2.24, 2.45) is 0 Å². The molecule has 3 aromatic heterocycles. The number of nitrogens with one attached hydrogen (secondary N) is 1. The van der Waals surface area contributed by atoms with Crippen molar-refractivity contribution in [3.05, 3.63) is 59.6 Å². The van der Waals surface area contributed by atoms with Gasteiger partial charge in [-0.1, -0.05) is 23.7 Å². The molecule has 2 N–H and O–H groups in total. The first kappa shape index (κ1) is 19.1. The SMILES string of the molecule is CC(C)n1cnc2c(NCCc3ccc(O)cc3)nc(-c3cnccc3Cl)nc21. The van der Waals surface area contributed by atoms with Gasteiger partial charge in [0, 0.05) is 25.0 Å². The number of phenolic OH excluding ortho intramolecular Hbond substituents is 1. The molecule has 0 aliphatic carbocycles. The Balaban J connectivity index is 1.69. The second-order valence-corrected chi connectivity index (χ2v) is 7.42. The molecule has 0 saturated carbocycles. The summed E-state index contributed by atoms with van der Waals surface area (Å²) in [5, 5.41) is 13.4. The third-order valence-electron chi connectivity index (χ3n) is 4.63. The van der Waals surface area contributed by atoms with Gasteiger partial charge in [-0.2, -0.15) is 0 Å². The van der Waals surface area contributed by atoms with Crippen LogP contribution in [0.3, 0.4) is 0 Å². The van der Waals surface area contributed by atoms with Gasteiger partial charge in [-0.05, 0) is 44.0 Å². The van der Waals surface area contributed by atoms with Gasteiger partial charge in [0.05, 0.1) is 16.9 Å². The van der Waals surface area contributed by atoms with Crippen molar-refractivity contribution in [2.45, 2.75) is 26.3 Å². The van der Waals surface area contributed by atoms with Crippen LogP contribution in [0.4, 0.5) is 5.82 Å². The van der Waals surface area contributed by atoms with Crippen LogP contribution in [-0.2, 0) is 6.42 Å². The van der Waals surface area contributed by atoms with Crippen molar-refractivity contribution in [1.29, 1.82) is 0 Å². The molecule has 1 aromatic carbocycles. The van der Waals surface area contributed by atoms with Crippen LogP contribution in [0, 0.1) is 0 Å². The van der Waals surface area contributed by atoms with E-state index >= 15 is 0 Å². The molecule has 4 rings (SSSR count). The topological polar surface area (TPSA) is 88.8 Å². The van der Waals surface area contributed by atoms with Gasteiger partial charge in [-0.25, -0.2) is 15.0 Å². The maximum Gasteiger partial charge on any atom is 0.167 e. The van der Waals surface area contributed by atoms with E-state index in [9.17, 15) is 5.11 Å². The number of hydrogen-bond donors (Lipinski definition) is 2. The number of nitrogens with zero attached hydrogens (tertiary/aromatic N) is 5. The summed E-state index contributed by atoms with van der Waals surface area (Å²) in [5.74, 6) is 1.42. The van der Waals surface area contributed by atoms with Gasteiger partial charge in [0.15, 0.2) is 17.3 Å². The molecule has 7 nitrogen and oxygen atoms in total. The molecule has 0 amide bonds. The van der Waals surface area contributed by atoms with Crippen molar-refractivity contribution >= 4 is 28.6 Å². The summed E-state index contributed by atoms with van der Waals surface area (Å²) >= 11 is 6.35.